The number of hydrogen-bond acceptors (Lipinski definition) is 6. The third-order valence-corrected chi connectivity index (χ3v) is 6.73. The third-order valence-electron chi connectivity index (χ3n) is 5.86. The van der Waals surface area contributed by atoms with Crippen molar-refractivity contribution in [3.8, 4) is 10.7 Å². The average Bonchev–Trinajstić information content (AvgIpc) is 3.49. The van der Waals surface area contributed by atoms with Crippen LogP contribution in [0.1, 0.15) is 54.9 Å². The molecule has 2 aromatic heterocycles. The number of aryl methyl sites for hydroxylation is 1. The van der Waals surface area contributed by atoms with Crippen molar-refractivity contribution in [3.63, 3.8) is 0 Å². The predicted molar refractivity (Wildman–Crippen MR) is 125 cm³/mol. The van der Waals surface area contributed by atoms with Gasteiger partial charge < -0.3 is 9.42 Å². The standard InChI is InChI=1S/C25H29N3O3S/c1-17(2)16-18-5-7-19(8-6-18)24(30)20-11-13-28(14-12-20)23(29)10-9-22-26-25(27-31-22)21-4-3-15-32-21/h3-8,15,17,20H,9-14,16H2,1-2H3. The number of thiophene rings is 1. The van der Waals surface area contributed by atoms with E-state index in [1.54, 1.807) is 11.3 Å². The number of ketones is 1. The second kappa shape index (κ2) is 10.2. The topological polar surface area (TPSA) is 76.3 Å². The molecule has 1 aliphatic rings. The number of Topliss-reactive ketones (excluding diaryl/α,β-unsaturated/α-hetero) is 1. The van der Waals surface area contributed by atoms with Crippen LogP contribution in [0.4, 0.5) is 0 Å². The number of benzene rings is 1. The molecule has 1 saturated heterocycles. The molecule has 1 aromatic carbocycles. The lowest BCUT2D eigenvalue weighted by atomic mass is 9.88. The van der Waals surface area contributed by atoms with E-state index in [-0.39, 0.29) is 17.6 Å². The number of aromatic nitrogens is 2. The van der Waals surface area contributed by atoms with Gasteiger partial charge in [0.1, 0.15) is 0 Å². The van der Waals surface area contributed by atoms with E-state index in [9.17, 15) is 9.59 Å². The Morgan fingerprint density at radius 2 is 1.91 bits per heavy atom. The number of rotatable bonds is 8. The summed E-state index contributed by atoms with van der Waals surface area (Å²) in [5, 5.41) is 5.95. The maximum Gasteiger partial charge on any atom is 0.227 e. The van der Waals surface area contributed by atoms with E-state index in [0.29, 0.717) is 56.4 Å². The van der Waals surface area contributed by atoms with Crippen LogP contribution in [0.2, 0.25) is 0 Å². The molecule has 1 amide bonds. The molecule has 0 radical (unpaired) electrons. The third kappa shape index (κ3) is 5.51. The minimum absolute atomic E-state index is 0.0145. The number of amides is 1. The van der Waals surface area contributed by atoms with Crippen LogP contribution in [0.5, 0.6) is 0 Å². The highest BCUT2D eigenvalue weighted by Crippen LogP contribution is 2.24. The Kier molecular flexibility index (Phi) is 7.15. The van der Waals surface area contributed by atoms with Crippen molar-refractivity contribution in [2.24, 2.45) is 11.8 Å². The Hall–Kier alpha value is -2.80. The quantitative estimate of drug-likeness (QED) is 0.448. The van der Waals surface area contributed by atoms with E-state index in [1.807, 2.05) is 34.5 Å². The molecule has 1 fully saturated rings. The summed E-state index contributed by atoms with van der Waals surface area (Å²) in [6, 6.07) is 11.9. The van der Waals surface area contributed by atoms with E-state index >= 15 is 0 Å². The van der Waals surface area contributed by atoms with Crippen molar-refractivity contribution in [1.29, 1.82) is 0 Å². The van der Waals surface area contributed by atoms with E-state index in [1.165, 1.54) is 5.56 Å². The molecule has 4 rings (SSSR count). The van der Waals surface area contributed by atoms with Crippen molar-refractivity contribution in [2.45, 2.75) is 46.0 Å². The van der Waals surface area contributed by atoms with Gasteiger partial charge in [-0.2, -0.15) is 4.98 Å². The molecule has 3 heterocycles. The van der Waals surface area contributed by atoms with Crippen molar-refractivity contribution in [2.75, 3.05) is 13.1 Å². The molecule has 0 saturated carbocycles. The first kappa shape index (κ1) is 22.4. The normalized spacial score (nSPS) is 14.8. The van der Waals surface area contributed by atoms with Crippen LogP contribution >= 0.6 is 11.3 Å². The van der Waals surface area contributed by atoms with Gasteiger partial charge >= 0.3 is 0 Å². The van der Waals surface area contributed by atoms with Crippen LogP contribution in [0.25, 0.3) is 10.7 Å². The average molecular weight is 452 g/mol. The van der Waals surface area contributed by atoms with Gasteiger partial charge in [0.2, 0.25) is 17.6 Å². The summed E-state index contributed by atoms with van der Waals surface area (Å²) in [6.45, 7) is 5.62. The van der Waals surface area contributed by atoms with Crippen LogP contribution < -0.4 is 0 Å². The van der Waals surface area contributed by atoms with Crippen molar-refractivity contribution >= 4 is 23.0 Å². The fraction of sp³-hybridized carbons (Fsp3) is 0.440. The monoisotopic (exact) mass is 451 g/mol. The summed E-state index contributed by atoms with van der Waals surface area (Å²) in [5.74, 6) is 1.90. The first-order chi connectivity index (χ1) is 15.5. The van der Waals surface area contributed by atoms with E-state index in [4.69, 9.17) is 4.52 Å². The first-order valence-electron chi connectivity index (χ1n) is 11.3. The first-order valence-corrected chi connectivity index (χ1v) is 12.1. The van der Waals surface area contributed by atoms with Crippen LogP contribution in [-0.4, -0.2) is 39.8 Å². The molecule has 3 aromatic rings. The van der Waals surface area contributed by atoms with E-state index in [0.717, 1.165) is 16.9 Å². The minimum atomic E-state index is -0.0145. The highest BCUT2D eigenvalue weighted by atomic mass is 32.1. The Labute approximate surface area is 192 Å². The molecule has 1 aliphatic heterocycles. The lowest BCUT2D eigenvalue weighted by Crippen LogP contribution is -2.40. The van der Waals surface area contributed by atoms with Gasteiger partial charge in [-0.25, -0.2) is 0 Å². The SMILES string of the molecule is CC(C)Cc1ccc(C(=O)C2CCN(C(=O)CCc3nc(-c4cccs4)no3)CC2)cc1. The van der Waals surface area contributed by atoms with E-state index in [2.05, 4.69) is 36.1 Å². The predicted octanol–water partition coefficient (Wildman–Crippen LogP) is 5.05. The lowest BCUT2D eigenvalue weighted by molar-refractivity contribution is -0.132. The minimum Gasteiger partial charge on any atom is -0.343 e. The summed E-state index contributed by atoms with van der Waals surface area (Å²) in [7, 11) is 0. The maximum atomic E-state index is 12.9. The zero-order valence-corrected chi connectivity index (χ0v) is 19.4. The fourth-order valence-corrected chi connectivity index (χ4v) is 4.79. The zero-order chi connectivity index (χ0) is 22.5. The van der Waals surface area contributed by atoms with Gasteiger partial charge in [-0.05, 0) is 42.2 Å². The largest absolute Gasteiger partial charge is 0.343 e. The number of carbonyl (C=O) groups is 2. The van der Waals surface area contributed by atoms with Gasteiger partial charge in [-0.1, -0.05) is 49.3 Å². The van der Waals surface area contributed by atoms with Crippen LogP contribution in [-0.2, 0) is 17.6 Å². The molecule has 0 N–H and O–H groups in total. The Morgan fingerprint density at radius 3 is 2.56 bits per heavy atom. The number of nitrogens with zero attached hydrogens (tertiary/aromatic N) is 3. The molecule has 6 nitrogen and oxygen atoms in total. The molecule has 32 heavy (non-hydrogen) atoms. The summed E-state index contributed by atoms with van der Waals surface area (Å²) in [5.41, 5.74) is 2.04. The fourth-order valence-electron chi connectivity index (χ4n) is 4.14. The second-order valence-electron chi connectivity index (χ2n) is 8.80. The van der Waals surface area contributed by atoms with E-state index < -0.39 is 0 Å². The second-order valence-corrected chi connectivity index (χ2v) is 9.75. The summed E-state index contributed by atoms with van der Waals surface area (Å²) in [6.07, 6.45) is 3.21. The molecule has 0 unspecified atom stereocenters. The summed E-state index contributed by atoms with van der Waals surface area (Å²) in [4.78, 5) is 32.7. The Bertz CT molecular complexity index is 1030. The highest BCUT2D eigenvalue weighted by Gasteiger charge is 2.28. The van der Waals surface area contributed by atoms with Gasteiger partial charge in [-0.3, -0.25) is 9.59 Å². The summed E-state index contributed by atoms with van der Waals surface area (Å²) < 4.78 is 5.28. The number of carbonyl (C=O) groups excluding carboxylic acids is 2. The van der Waals surface area contributed by atoms with Gasteiger partial charge in [-0.15, -0.1) is 11.3 Å². The molecule has 0 aliphatic carbocycles. The smallest absolute Gasteiger partial charge is 0.227 e. The zero-order valence-electron chi connectivity index (χ0n) is 18.6. The Balaban J connectivity index is 1.24. The van der Waals surface area contributed by atoms with Crippen LogP contribution in [0, 0.1) is 11.8 Å². The number of hydrogen-bond donors (Lipinski definition) is 0. The molecular formula is C25H29N3O3S. The molecule has 0 atom stereocenters. The van der Waals surface area contributed by atoms with Crippen molar-refractivity contribution in [3.05, 3.63) is 58.8 Å². The van der Waals surface area contributed by atoms with Crippen LogP contribution in [0.15, 0.2) is 46.3 Å². The van der Waals surface area contributed by atoms with Gasteiger partial charge in [0.05, 0.1) is 4.88 Å². The van der Waals surface area contributed by atoms with Gasteiger partial charge in [0, 0.05) is 37.4 Å². The maximum absolute atomic E-state index is 12.9. The lowest BCUT2D eigenvalue weighted by Gasteiger charge is -2.31. The molecule has 0 bridgehead atoms. The Morgan fingerprint density at radius 1 is 1.16 bits per heavy atom. The molecule has 168 valence electrons. The van der Waals surface area contributed by atoms with Crippen LogP contribution in [0.3, 0.4) is 0 Å². The highest BCUT2D eigenvalue weighted by molar-refractivity contribution is 7.13. The molecule has 7 heteroatoms. The molecule has 0 spiro atoms. The van der Waals surface area contributed by atoms with Gasteiger partial charge in [0.25, 0.3) is 0 Å². The van der Waals surface area contributed by atoms with Crippen molar-refractivity contribution < 1.29 is 14.1 Å². The molecular weight excluding hydrogens is 422 g/mol. The van der Waals surface area contributed by atoms with Gasteiger partial charge in [0.15, 0.2) is 5.78 Å². The summed E-state index contributed by atoms with van der Waals surface area (Å²) >= 11 is 1.55. The van der Waals surface area contributed by atoms with Crippen molar-refractivity contribution in [1.82, 2.24) is 15.0 Å². The number of likely N-dealkylation sites (tertiary alicyclic amines) is 1. The number of piperidine rings is 1.